The molecule has 19 heavy (non-hydrogen) atoms. The van der Waals surface area contributed by atoms with E-state index in [9.17, 15) is 0 Å². The van der Waals surface area contributed by atoms with E-state index in [0.29, 0.717) is 10.7 Å². The SMILES string of the molecule is Cc1ccc2cc(-c3ccc(N)c(Cl)c3)ccc2n1. The van der Waals surface area contributed by atoms with Crippen molar-refractivity contribution < 1.29 is 0 Å². The van der Waals surface area contributed by atoms with E-state index < -0.39 is 0 Å². The molecule has 3 rings (SSSR count). The zero-order chi connectivity index (χ0) is 13.4. The molecule has 0 saturated carbocycles. The van der Waals surface area contributed by atoms with E-state index in [-0.39, 0.29) is 0 Å². The lowest BCUT2D eigenvalue weighted by molar-refractivity contribution is 1.26. The standard InChI is InChI=1S/C16H13ClN2/c1-10-2-3-13-8-11(5-7-16(13)19-10)12-4-6-15(18)14(17)9-12/h2-9H,18H2,1H3. The summed E-state index contributed by atoms with van der Waals surface area (Å²) >= 11 is 6.07. The lowest BCUT2D eigenvalue weighted by Crippen LogP contribution is -1.87. The van der Waals surface area contributed by atoms with Gasteiger partial charge in [-0.1, -0.05) is 29.8 Å². The molecule has 1 aromatic heterocycles. The molecule has 0 atom stereocenters. The number of pyridine rings is 1. The number of fused-ring (bicyclic) bond motifs is 1. The van der Waals surface area contributed by atoms with Crippen LogP contribution in [0.25, 0.3) is 22.0 Å². The highest BCUT2D eigenvalue weighted by Gasteiger charge is 2.03. The van der Waals surface area contributed by atoms with Crippen LogP contribution in [-0.4, -0.2) is 4.98 Å². The van der Waals surface area contributed by atoms with Crippen molar-refractivity contribution in [2.45, 2.75) is 6.92 Å². The summed E-state index contributed by atoms with van der Waals surface area (Å²) in [5.74, 6) is 0. The second kappa shape index (κ2) is 4.56. The van der Waals surface area contributed by atoms with Gasteiger partial charge >= 0.3 is 0 Å². The number of nitrogen functional groups attached to an aromatic ring is 1. The van der Waals surface area contributed by atoms with Crippen molar-refractivity contribution in [3.8, 4) is 11.1 Å². The third-order valence-corrected chi connectivity index (χ3v) is 3.49. The third kappa shape index (κ3) is 2.27. The predicted molar refractivity (Wildman–Crippen MR) is 81.3 cm³/mol. The van der Waals surface area contributed by atoms with E-state index in [0.717, 1.165) is 27.7 Å². The van der Waals surface area contributed by atoms with Crippen molar-refractivity contribution in [2.75, 3.05) is 5.73 Å². The van der Waals surface area contributed by atoms with Gasteiger partial charge in [0.05, 0.1) is 16.2 Å². The Bertz CT molecular complexity index is 766. The van der Waals surface area contributed by atoms with Crippen molar-refractivity contribution in [1.29, 1.82) is 0 Å². The minimum atomic E-state index is 0.583. The highest BCUT2D eigenvalue weighted by molar-refractivity contribution is 6.33. The largest absolute Gasteiger partial charge is 0.398 e. The molecule has 0 amide bonds. The topological polar surface area (TPSA) is 38.9 Å². The molecule has 3 aromatic rings. The van der Waals surface area contributed by atoms with E-state index in [1.807, 2.05) is 37.3 Å². The van der Waals surface area contributed by atoms with Gasteiger partial charge < -0.3 is 5.73 Å². The minimum Gasteiger partial charge on any atom is -0.398 e. The smallest absolute Gasteiger partial charge is 0.0705 e. The molecule has 2 aromatic carbocycles. The number of hydrogen-bond acceptors (Lipinski definition) is 2. The van der Waals surface area contributed by atoms with Gasteiger partial charge in [-0.05, 0) is 48.4 Å². The molecule has 0 fully saturated rings. The molecule has 94 valence electrons. The van der Waals surface area contributed by atoms with Gasteiger partial charge in [-0.15, -0.1) is 0 Å². The second-order valence-corrected chi connectivity index (χ2v) is 5.00. The minimum absolute atomic E-state index is 0.583. The van der Waals surface area contributed by atoms with Gasteiger partial charge in [0.15, 0.2) is 0 Å². The van der Waals surface area contributed by atoms with Gasteiger partial charge in [0.2, 0.25) is 0 Å². The second-order valence-electron chi connectivity index (χ2n) is 4.60. The first-order valence-electron chi connectivity index (χ1n) is 6.06. The van der Waals surface area contributed by atoms with Crippen LogP contribution in [0.4, 0.5) is 5.69 Å². The number of nitrogens with zero attached hydrogens (tertiary/aromatic N) is 1. The van der Waals surface area contributed by atoms with E-state index in [2.05, 4.69) is 23.2 Å². The van der Waals surface area contributed by atoms with Crippen molar-refractivity contribution in [3.05, 3.63) is 59.2 Å². The molecule has 2 nitrogen and oxygen atoms in total. The predicted octanol–water partition coefficient (Wildman–Crippen LogP) is 4.45. The number of benzene rings is 2. The Labute approximate surface area is 116 Å². The number of aryl methyl sites for hydroxylation is 1. The Morgan fingerprint density at radius 1 is 0.947 bits per heavy atom. The molecule has 0 unspecified atom stereocenters. The van der Waals surface area contributed by atoms with E-state index >= 15 is 0 Å². The lowest BCUT2D eigenvalue weighted by Gasteiger charge is -2.06. The summed E-state index contributed by atoms with van der Waals surface area (Å²) in [7, 11) is 0. The lowest BCUT2D eigenvalue weighted by atomic mass is 10.0. The van der Waals surface area contributed by atoms with Gasteiger partial charge in [-0.25, -0.2) is 0 Å². The van der Waals surface area contributed by atoms with Crippen LogP contribution in [0.2, 0.25) is 5.02 Å². The van der Waals surface area contributed by atoms with Gasteiger partial charge in [0.25, 0.3) is 0 Å². The van der Waals surface area contributed by atoms with Gasteiger partial charge in [0.1, 0.15) is 0 Å². The third-order valence-electron chi connectivity index (χ3n) is 3.16. The van der Waals surface area contributed by atoms with Crippen LogP contribution in [-0.2, 0) is 0 Å². The maximum Gasteiger partial charge on any atom is 0.0705 e. The number of aromatic nitrogens is 1. The van der Waals surface area contributed by atoms with Crippen LogP contribution in [0, 0.1) is 6.92 Å². The van der Waals surface area contributed by atoms with Crippen LogP contribution < -0.4 is 5.73 Å². The molecule has 1 heterocycles. The normalized spacial score (nSPS) is 10.8. The summed E-state index contributed by atoms with van der Waals surface area (Å²) in [6.07, 6.45) is 0. The summed E-state index contributed by atoms with van der Waals surface area (Å²) in [6.45, 7) is 1.99. The molecule has 0 aliphatic heterocycles. The van der Waals surface area contributed by atoms with Crippen LogP contribution in [0.5, 0.6) is 0 Å². The first kappa shape index (κ1) is 12.0. The summed E-state index contributed by atoms with van der Waals surface area (Å²) in [6, 6.07) is 16.0. The highest BCUT2D eigenvalue weighted by Crippen LogP contribution is 2.28. The molecular formula is C16H13ClN2. The Kier molecular flexibility index (Phi) is 2.88. The van der Waals surface area contributed by atoms with Gasteiger partial charge in [-0.3, -0.25) is 4.98 Å². The van der Waals surface area contributed by atoms with Crippen LogP contribution >= 0.6 is 11.6 Å². The van der Waals surface area contributed by atoms with Gasteiger partial charge in [0, 0.05) is 11.1 Å². The molecule has 0 spiro atoms. The first-order valence-corrected chi connectivity index (χ1v) is 6.44. The van der Waals surface area contributed by atoms with E-state index in [1.165, 1.54) is 0 Å². The molecule has 0 aliphatic carbocycles. The Balaban J connectivity index is 2.14. The molecule has 0 saturated heterocycles. The average molecular weight is 269 g/mol. The number of hydrogen-bond donors (Lipinski definition) is 1. The maximum absolute atomic E-state index is 6.07. The van der Waals surface area contributed by atoms with Crippen LogP contribution in [0.15, 0.2) is 48.5 Å². The molecular weight excluding hydrogens is 256 g/mol. The Morgan fingerprint density at radius 3 is 2.47 bits per heavy atom. The molecule has 0 bridgehead atoms. The monoisotopic (exact) mass is 268 g/mol. The zero-order valence-corrected chi connectivity index (χ0v) is 11.3. The van der Waals surface area contributed by atoms with Crippen molar-refractivity contribution in [1.82, 2.24) is 4.98 Å². The van der Waals surface area contributed by atoms with Crippen LogP contribution in [0.1, 0.15) is 5.69 Å². The molecule has 2 N–H and O–H groups in total. The summed E-state index contributed by atoms with van der Waals surface area (Å²) in [5.41, 5.74) is 10.5. The number of rotatable bonds is 1. The number of nitrogens with two attached hydrogens (primary N) is 1. The van der Waals surface area contributed by atoms with E-state index in [4.69, 9.17) is 17.3 Å². The zero-order valence-electron chi connectivity index (χ0n) is 10.5. The Hall–Kier alpha value is -2.06. The fourth-order valence-electron chi connectivity index (χ4n) is 2.11. The fraction of sp³-hybridized carbons (Fsp3) is 0.0625. The first-order chi connectivity index (χ1) is 9.13. The number of halogens is 1. The summed E-state index contributed by atoms with van der Waals surface area (Å²) in [4.78, 5) is 4.50. The highest BCUT2D eigenvalue weighted by atomic mass is 35.5. The molecule has 0 aliphatic rings. The quantitative estimate of drug-likeness (QED) is 0.663. The summed E-state index contributed by atoms with van der Waals surface area (Å²) < 4.78 is 0. The van der Waals surface area contributed by atoms with Crippen molar-refractivity contribution >= 4 is 28.2 Å². The van der Waals surface area contributed by atoms with Crippen molar-refractivity contribution in [3.63, 3.8) is 0 Å². The number of anilines is 1. The summed E-state index contributed by atoms with van der Waals surface area (Å²) in [5, 5.41) is 1.70. The maximum atomic E-state index is 6.07. The Morgan fingerprint density at radius 2 is 1.68 bits per heavy atom. The van der Waals surface area contributed by atoms with Gasteiger partial charge in [-0.2, -0.15) is 0 Å². The van der Waals surface area contributed by atoms with Crippen LogP contribution in [0.3, 0.4) is 0 Å². The molecule has 0 radical (unpaired) electrons. The van der Waals surface area contributed by atoms with E-state index in [1.54, 1.807) is 0 Å². The average Bonchev–Trinajstić information content (AvgIpc) is 2.41. The van der Waals surface area contributed by atoms with Crippen molar-refractivity contribution in [2.24, 2.45) is 0 Å². The fourth-order valence-corrected chi connectivity index (χ4v) is 2.29. The molecule has 3 heteroatoms.